The Balaban J connectivity index is 2.66. The molecule has 0 aromatic heterocycles. The van der Waals surface area contributed by atoms with E-state index in [-0.39, 0.29) is 12.5 Å². The maximum atomic E-state index is 12.3. The van der Waals surface area contributed by atoms with E-state index in [1.54, 1.807) is 0 Å². The van der Waals surface area contributed by atoms with E-state index >= 15 is 0 Å². The normalized spacial score (nSPS) is 21.0. The van der Waals surface area contributed by atoms with Gasteiger partial charge in [-0.2, -0.15) is 13.2 Å². The van der Waals surface area contributed by atoms with Crippen molar-refractivity contribution in [2.45, 2.75) is 12.6 Å². The third-order valence-corrected chi connectivity index (χ3v) is 2.82. The van der Waals surface area contributed by atoms with Crippen LogP contribution in [-0.2, 0) is 9.59 Å². The number of carboxylic acid groups (broad SMARTS) is 1. The van der Waals surface area contributed by atoms with Crippen LogP contribution in [0.15, 0.2) is 0 Å². The summed E-state index contributed by atoms with van der Waals surface area (Å²) >= 11 is 0. The van der Waals surface area contributed by atoms with Gasteiger partial charge in [0.15, 0.2) is 0 Å². The van der Waals surface area contributed by atoms with Crippen molar-refractivity contribution in [1.82, 2.24) is 9.80 Å². The smallest absolute Gasteiger partial charge is 0.471 e. The second-order valence-corrected chi connectivity index (χ2v) is 4.49. The highest BCUT2D eigenvalue weighted by Crippen LogP contribution is 2.21. The van der Waals surface area contributed by atoms with E-state index in [1.165, 1.54) is 0 Å². The van der Waals surface area contributed by atoms with Gasteiger partial charge in [-0.15, -0.1) is 0 Å². The summed E-state index contributed by atoms with van der Waals surface area (Å²) in [5, 5.41) is 8.55. The molecule has 5 nitrogen and oxygen atoms in total. The average molecular weight is 268 g/mol. The lowest BCUT2D eigenvalue weighted by atomic mass is 10.1. The fraction of sp³-hybridized carbons (Fsp3) is 0.800. The number of aliphatic carboxylic acids is 1. The van der Waals surface area contributed by atoms with Crippen LogP contribution >= 0.6 is 0 Å². The molecule has 0 saturated carbocycles. The Morgan fingerprint density at radius 2 is 2.06 bits per heavy atom. The molecular weight excluding hydrogens is 253 g/mol. The van der Waals surface area contributed by atoms with Crippen molar-refractivity contribution < 1.29 is 27.9 Å². The Hall–Kier alpha value is -1.31. The van der Waals surface area contributed by atoms with Crippen molar-refractivity contribution in [2.24, 2.45) is 5.92 Å². The number of carbonyl (C=O) groups is 2. The maximum Gasteiger partial charge on any atom is 0.471 e. The first-order valence-corrected chi connectivity index (χ1v) is 5.46. The zero-order valence-electron chi connectivity index (χ0n) is 9.90. The summed E-state index contributed by atoms with van der Waals surface area (Å²) in [6, 6.07) is 0. The average Bonchev–Trinajstić information content (AvgIpc) is 2.60. The van der Waals surface area contributed by atoms with Crippen LogP contribution in [0.4, 0.5) is 13.2 Å². The number of nitrogens with zero attached hydrogens (tertiary/aromatic N) is 2. The summed E-state index contributed by atoms with van der Waals surface area (Å²) in [7, 11) is 1.83. The molecule has 1 rings (SSSR count). The minimum atomic E-state index is -5.03. The Morgan fingerprint density at radius 3 is 2.44 bits per heavy atom. The molecule has 1 saturated heterocycles. The van der Waals surface area contributed by atoms with Gasteiger partial charge >= 0.3 is 18.1 Å². The van der Waals surface area contributed by atoms with E-state index in [0.717, 1.165) is 6.54 Å². The molecule has 1 atom stereocenters. The Kier molecular flexibility index (Phi) is 4.55. The predicted octanol–water partition coefficient (Wildman–Crippen LogP) is 0.414. The summed E-state index contributed by atoms with van der Waals surface area (Å²) in [5.41, 5.74) is 0. The molecular formula is C10H15F3N2O3. The van der Waals surface area contributed by atoms with Gasteiger partial charge in [0.2, 0.25) is 0 Å². The van der Waals surface area contributed by atoms with Crippen LogP contribution in [0.25, 0.3) is 0 Å². The van der Waals surface area contributed by atoms with Crippen LogP contribution in [0.2, 0.25) is 0 Å². The van der Waals surface area contributed by atoms with Crippen LogP contribution in [0.5, 0.6) is 0 Å². The van der Waals surface area contributed by atoms with E-state index in [1.807, 2.05) is 11.9 Å². The van der Waals surface area contributed by atoms with Crippen LogP contribution < -0.4 is 0 Å². The molecule has 1 fully saturated rings. The van der Waals surface area contributed by atoms with Crippen LogP contribution in [-0.4, -0.2) is 66.2 Å². The van der Waals surface area contributed by atoms with Crippen LogP contribution in [0.1, 0.15) is 6.42 Å². The fourth-order valence-corrected chi connectivity index (χ4v) is 2.05. The minimum absolute atomic E-state index is 0.111. The van der Waals surface area contributed by atoms with Gasteiger partial charge in [0.1, 0.15) is 6.54 Å². The van der Waals surface area contributed by atoms with Gasteiger partial charge in [0.05, 0.1) is 0 Å². The molecule has 0 radical (unpaired) electrons. The molecule has 1 N–H and O–H groups in total. The van der Waals surface area contributed by atoms with Gasteiger partial charge in [-0.05, 0) is 25.9 Å². The number of hydrogen-bond acceptors (Lipinski definition) is 3. The van der Waals surface area contributed by atoms with Crippen molar-refractivity contribution in [1.29, 1.82) is 0 Å². The number of hydrogen-bond donors (Lipinski definition) is 1. The van der Waals surface area contributed by atoms with Gasteiger partial charge in [-0.25, -0.2) is 0 Å². The first kappa shape index (κ1) is 14.7. The lowest BCUT2D eigenvalue weighted by Crippen LogP contribution is -2.46. The van der Waals surface area contributed by atoms with Crippen molar-refractivity contribution in [3.8, 4) is 0 Å². The molecule has 18 heavy (non-hydrogen) atoms. The van der Waals surface area contributed by atoms with Crippen molar-refractivity contribution in [2.75, 3.05) is 33.2 Å². The molecule has 0 aliphatic carbocycles. The summed E-state index contributed by atoms with van der Waals surface area (Å²) in [6.07, 6.45) is -4.36. The van der Waals surface area contributed by atoms with Crippen molar-refractivity contribution in [3.63, 3.8) is 0 Å². The molecule has 1 aliphatic rings. The number of halogens is 3. The summed E-state index contributed by atoms with van der Waals surface area (Å²) < 4.78 is 36.9. The summed E-state index contributed by atoms with van der Waals surface area (Å²) in [4.78, 5) is 23.9. The second-order valence-electron chi connectivity index (χ2n) is 4.49. The highest BCUT2D eigenvalue weighted by atomic mass is 19.4. The predicted molar refractivity (Wildman–Crippen MR) is 55.9 cm³/mol. The fourth-order valence-electron chi connectivity index (χ4n) is 2.05. The van der Waals surface area contributed by atoms with Crippen molar-refractivity contribution >= 4 is 11.9 Å². The quantitative estimate of drug-likeness (QED) is 0.802. The van der Waals surface area contributed by atoms with E-state index in [2.05, 4.69) is 0 Å². The molecule has 8 heteroatoms. The molecule has 0 spiro atoms. The summed E-state index contributed by atoms with van der Waals surface area (Å²) in [5.74, 6) is -3.64. The Labute approximate surface area is 102 Å². The van der Waals surface area contributed by atoms with Crippen LogP contribution in [0.3, 0.4) is 0 Å². The molecule has 1 aliphatic heterocycles. The third-order valence-electron chi connectivity index (χ3n) is 2.82. The number of likely N-dealkylation sites (tertiary alicyclic amines) is 1. The second kappa shape index (κ2) is 5.55. The zero-order chi connectivity index (χ0) is 13.9. The van der Waals surface area contributed by atoms with E-state index in [0.29, 0.717) is 17.9 Å². The standard InChI is InChI=1S/C10H15F3N2O3/c1-14-3-2-7(4-14)5-15(6-8(16)17)9(18)10(11,12)13/h7H,2-6H2,1H3,(H,16,17). The van der Waals surface area contributed by atoms with Gasteiger partial charge < -0.3 is 14.9 Å². The number of amides is 1. The molecule has 1 heterocycles. The molecule has 1 unspecified atom stereocenters. The maximum absolute atomic E-state index is 12.3. The molecule has 0 aromatic carbocycles. The molecule has 0 bridgehead atoms. The molecule has 1 amide bonds. The topological polar surface area (TPSA) is 60.9 Å². The largest absolute Gasteiger partial charge is 0.480 e. The highest BCUT2D eigenvalue weighted by molar-refractivity contribution is 5.85. The number of carbonyl (C=O) groups excluding carboxylic acids is 1. The number of carboxylic acids is 1. The molecule has 0 aromatic rings. The monoisotopic (exact) mass is 268 g/mol. The van der Waals surface area contributed by atoms with Crippen molar-refractivity contribution in [3.05, 3.63) is 0 Å². The highest BCUT2D eigenvalue weighted by Gasteiger charge is 2.43. The van der Waals surface area contributed by atoms with E-state index in [9.17, 15) is 22.8 Å². The summed E-state index contributed by atoms with van der Waals surface area (Å²) in [6.45, 7) is 0.223. The Morgan fingerprint density at radius 1 is 1.44 bits per heavy atom. The first-order chi connectivity index (χ1) is 8.20. The van der Waals surface area contributed by atoms with E-state index in [4.69, 9.17) is 5.11 Å². The zero-order valence-corrected chi connectivity index (χ0v) is 9.90. The van der Waals surface area contributed by atoms with E-state index < -0.39 is 24.6 Å². The number of alkyl halides is 3. The third kappa shape index (κ3) is 4.17. The lowest BCUT2D eigenvalue weighted by molar-refractivity contribution is -0.187. The van der Waals surface area contributed by atoms with Gasteiger partial charge in [-0.3, -0.25) is 9.59 Å². The van der Waals surface area contributed by atoms with Gasteiger partial charge in [0.25, 0.3) is 0 Å². The van der Waals surface area contributed by atoms with Crippen LogP contribution in [0, 0.1) is 5.92 Å². The number of rotatable bonds is 4. The first-order valence-electron chi connectivity index (χ1n) is 5.46. The Bertz CT molecular complexity index is 333. The SMILES string of the molecule is CN1CCC(CN(CC(=O)O)C(=O)C(F)(F)F)C1. The van der Waals surface area contributed by atoms with Gasteiger partial charge in [-0.1, -0.05) is 0 Å². The van der Waals surface area contributed by atoms with Gasteiger partial charge in [0, 0.05) is 13.1 Å². The molecule has 104 valence electrons. The lowest BCUT2D eigenvalue weighted by Gasteiger charge is -2.24. The minimum Gasteiger partial charge on any atom is -0.480 e.